The molecule has 0 spiro atoms. The van der Waals surface area contributed by atoms with E-state index in [1.165, 1.54) is 10.6 Å². The van der Waals surface area contributed by atoms with E-state index in [9.17, 15) is 9.59 Å². The highest BCUT2D eigenvalue weighted by molar-refractivity contribution is 5.76. The maximum absolute atomic E-state index is 11.8. The summed E-state index contributed by atoms with van der Waals surface area (Å²) in [6.45, 7) is 11.0. The van der Waals surface area contributed by atoms with Gasteiger partial charge < -0.3 is 20.3 Å². The second kappa shape index (κ2) is 11.6. The molecule has 0 aliphatic carbocycles. The monoisotopic (exact) mass is 371 g/mol. The van der Waals surface area contributed by atoms with Gasteiger partial charge in [-0.3, -0.25) is 9.36 Å². The third-order valence-electron chi connectivity index (χ3n) is 3.60. The number of esters is 1. The minimum absolute atomic E-state index is 0.0932. The molecule has 8 nitrogen and oxygen atoms in total. The number of carbonyl (C=O) groups is 1. The zero-order chi connectivity index (χ0) is 20.3. The third-order valence-corrected chi connectivity index (χ3v) is 3.60. The summed E-state index contributed by atoms with van der Waals surface area (Å²) in [5.74, 6) is -0.315. The van der Waals surface area contributed by atoms with Crippen molar-refractivity contribution in [3.63, 3.8) is 0 Å². The summed E-state index contributed by atoms with van der Waals surface area (Å²) < 4.78 is 12.2. The lowest BCUT2D eigenvalue weighted by atomic mass is 9.95. The van der Waals surface area contributed by atoms with Gasteiger partial charge in [0.2, 0.25) is 0 Å². The first-order chi connectivity index (χ1) is 12.3. The Morgan fingerprint density at radius 3 is 2.54 bits per heavy atom. The Bertz CT molecular complexity index is 601. The molecule has 2 rings (SSSR count). The average molecular weight is 371 g/mol. The highest BCUT2D eigenvalue weighted by Gasteiger charge is 2.32. The van der Waals surface area contributed by atoms with Crippen LogP contribution in [-0.2, 0) is 14.3 Å². The topological polar surface area (TPSA) is 117 Å². The van der Waals surface area contributed by atoms with Crippen molar-refractivity contribution in [3.05, 3.63) is 22.7 Å². The molecule has 3 N–H and O–H groups in total. The standard InChI is InChI=1S/C14H21N3O5.2C2H6/c1-14(2,8-18)12(19)21-7-9-3-4-11(22-9)17-6-5-10(15)16-13(17)20;2*1-2/h5-6,9,11,18H,3-4,7-8H2,1-2H3,(H2,15,16,20);2*1-2H3. The predicted octanol–water partition coefficient (Wildman–Crippen LogP) is 2.12. The molecule has 0 saturated carbocycles. The summed E-state index contributed by atoms with van der Waals surface area (Å²) in [6, 6.07) is 1.53. The number of nitrogens with zero attached hydrogens (tertiary/aromatic N) is 2. The number of carbonyl (C=O) groups excluding carboxylic acids is 1. The van der Waals surface area contributed by atoms with E-state index in [1.54, 1.807) is 20.0 Å². The lowest BCUT2D eigenvalue weighted by Gasteiger charge is -2.21. The van der Waals surface area contributed by atoms with E-state index in [4.69, 9.17) is 20.3 Å². The summed E-state index contributed by atoms with van der Waals surface area (Å²) in [5.41, 5.74) is 4.04. The van der Waals surface area contributed by atoms with Gasteiger partial charge in [-0.2, -0.15) is 4.98 Å². The molecular formula is C18H33N3O5. The first-order valence-electron chi connectivity index (χ1n) is 9.11. The van der Waals surface area contributed by atoms with Crippen LogP contribution in [-0.4, -0.2) is 39.9 Å². The summed E-state index contributed by atoms with van der Waals surface area (Å²) in [7, 11) is 0. The van der Waals surface area contributed by atoms with Crippen molar-refractivity contribution in [2.75, 3.05) is 18.9 Å². The Labute approximate surface area is 155 Å². The highest BCUT2D eigenvalue weighted by atomic mass is 16.6. The fourth-order valence-electron chi connectivity index (χ4n) is 2.09. The molecule has 0 amide bonds. The van der Waals surface area contributed by atoms with Crippen LogP contribution in [0.15, 0.2) is 17.1 Å². The first kappa shape index (κ1) is 24.1. The Balaban J connectivity index is 0.00000146. The molecule has 1 aliphatic rings. The molecule has 2 heterocycles. The summed E-state index contributed by atoms with van der Waals surface area (Å²) in [4.78, 5) is 27.2. The molecule has 1 aliphatic heterocycles. The number of nitrogens with two attached hydrogens (primary N) is 1. The Hall–Kier alpha value is -1.93. The lowest BCUT2D eigenvalue weighted by molar-refractivity contribution is -0.160. The van der Waals surface area contributed by atoms with E-state index in [-0.39, 0.29) is 25.1 Å². The number of aliphatic hydroxyl groups excluding tert-OH is 1. The third kappa shape index (κ3) is 6.76. The van der Waals surface area contributed by atoms with Crippen molar-refractivity contribution < 1.29 is 19.4 Å². The molecule has 0 bridgehead atoms. The van der Waals surface area contributed by atoms with Crippen LogP contribution in [0.2, 0.25) is 0 Å². The summed E-state index contributed by atoms with van der Waals surface area (Å²) >= 11 is 0. The van der Waals surface area contributed by atoms with Gasteiger partial charge in [0.1, 0.15) is 18.7 Å². The van der Waals surface area contributed by atoms with Crippen molar-refractivity contribution in [1.29, 1.82) is 0 Å². The molecule has 26 heavy (non-hydrogen) atoms. The molecular weight excluding hydrogens is 338 g/mol. The second-order valence-electron chi connectivity index (χ2n) is 5.97. The van der Waals surface area contributed by atoms with Crippen molar-refractivity contribution in [1.82, 2.24) is 9.55 Å². The molecule has 8 heteroatoms. The van der Waals surface area contributed by atoms with Gasteiger partial charge in [-0.05, 0) is 32.8 Å². The first-order valence-corrected chi connectivity index (χ1v) is 9.11. The van der Waals surface area contributed by atoms with Crippen molar-refractivity contribution in [2.45, 2.75) is 66.7 Å². The van der Waals surface area contributed by atoms with Crippen LogP contribution >= 0.6 is 0 Å². The molecule has 2 atom stereocenters. The Morgan fingerprint density at radius 2 is 2.00 bits per heavy atom. The van der Waals surface area contributed by atoms with Gasteiger partial charge in [0.25, 0.3) is 0 Å². The quantitative estimate of drug-likeness (QED) is 0.761. The zero-order valence-corrected chi connectivity index (χ0v) is 16.7. The van der Waals surface area contributed by atoms with Crippen LogP contribution in [0.25, 0.3) is 0 Å². The Morgan fingerprint density at radius 1 is 1.38 bits per heavy atom. The summed E-state index contributed by atoms with van der Waals surface area (Å²) in [5, 5.41) is 9.11. The maximum atomic E-state index is 11.8. The number of nitrogen functional groups attached to an aromatic ring is 1. The van der Waals surface area contributed by atoms with E-state index in [0.29, 0.717) is 12.8 Å². The molecule has 2 unspecified atom stereocenters. The fraction of sp³-hybridized carbons (Fsp3) is 0.722. The van der Waals surface area contributed by atoms with Crippen molar-refractivity contribution in [3.8, 4) is 0 Å². The number of hydrogen-bond donors (Lipinski definition) is 2. The minimum atomic E-state index is -0.935. The second-order valence-corrected chi connectivity index (χ2v) is 5.97. The van der Waals surface area contributed by atoms with E-state index >= 15 is 0 Å². The normalized spacial score (nSPS) is 18.9. The van der Waals surface area contributed by atoms with Crippen LogP contribution in [0.4, 0.5) is 5.82 Å². The van der Waals surface area contributed by atoms with Gasteiger partial charge in [-0.15, -0.1) is 0 Å². The van der Waals surface area contributed by atoms with Gasteiger partial charge in [0.15, 0.2) is 0 Å². The molecule has 1 aromatic rings. The SMILES string of the molecule is CC.CC.CC(C)(CO)C(=O)OCC1CCC(n2ccc(N)nc2=O)O1. The Kier molecular flexibility index (Phi) is 10.8. The van der Waals surface area contributed by atoms with Gasteiger partial charge in [0, 0.05) is 6.20 Å². The fourth-order valence-corrected chi connectivity index (χ4v) is 2.09. The smallest absolute Gasteiger partial charge is 0.351 e. The van der Waals surface area contributed by atoms with Gasteiger partial charge >= 0.3 is 11.7 Å². The number of anilines is 1. The van der Waals surface area contributed by atoms with Gasteiger partial charge in [0.05, 0.1) is 18.1 Å². The highest BCUT2D eigenvalue weighted by Crippen LogP contribution is 2.27. The van der Waals surface area contributed by atoms with Crippen LogP contribution in [0.5, 0.6) is 0 Å². The molecule has 150 valence electrons. The van der Waals surface area contributed by atoms with Gasteiger partial charge in [-0.1, -0.05) is 27.7 Å². The van der Waals surface area contributed by atoms with Crippen molar-refractivity contribution >= 4 is 11.8 Å². The van der Waals surface area contributed by atoms with E-state index in [1.807, 2.05) is 27.7 Å². The number of hydrogen-bond acceptors (Lipinski definition) is 7. The average Bonchev–Trinajstić information content (AvgIpc) is 3.11. The molecule has 1 fully saturated rings. The molecule has 1 aromatic heterocycles. The lowest BCUT2D eigenvalue weighted by Crippen LogP contribution is -2.33. The molecule has 1 saturated heterocycles. The van der Waals surface area contributed by atoms with Crippen LogP contribution in [0.3, 0.4) is 0 Å². The number of aromatic nitrogens is 2. The van der Waals surface area contributed by atoms with Crippen LogP contribution in [0, 0.1) is 5.41 Å². The van der Waals surface area contributed by atoms with E-state index in [0.717, 1.165) is 0 Å². The maximum Gasteiger partial charge on any atom is 0.351 e. The zero-order valence-electron chi connectivity index (χ0n) is 16.7. The number of aliphatic hydroxyl groups is 1. The number of rotatable bonds is 5. The van der Waals surface area contributed by atoms with Crippen molar-refractivity contribution in [2.24, 2.45) is 5.41 Å². The largest absolute Gasteiger partial charge is 0.462 e. The van der Waals surface area contributed by atoms with Crippen LogP contribution in [0.1, 0.15) is 60.6 Å². The van der Waals surface area contributed by atoms with Gasteiger partial charge in [-0.25, -0.2) is 4.79 Å². The summed E-state index contributed by atoms with van der Waals surface area (Å²) in [6.07, 6.45) is 2.10. The molecule has 0 radical (unpaired) electrons. The van der Waals surface area contributed by atoms with E-state index < -0.39 is 23.3 Å². The predicted molar refractivity (Wildman–Crippen MR) is 101 cm³/mol. The van der Waals surface area contributed by atoms with Crippen LogP contribution < -0.4 is 11.4 Å². The van der Waals surface area contributed by atoms with E-state index in [2.05, 4.69) is 4.98 Å². The minimum Gasteiger partial charge on any atom is -0.462 e. The molecule has 0 aromatic carbocycles. The number of ether oxygens (including phenoxy) is 2.